The van der Waals surface area contributed by atoms with E-state index in [1.165, 1.54) is 0 Å². The van der Waals surface area contributed by atoms with E-state index in [1.807, 2.05) is 21.4 Å². The number of hydrogen-bond acceptors (Lipinski definition) is 3. The maximum Gasteiger partial charge on any atom is 0.337 e. The molecule has 0 saturated carbocycles. The van der Waals surface area contributed by atoms with E-state index >= 15 is 0 Å². The van der Waals surface area contributed by atoms with Crippen molar-refractivity contribution in [3.05, 3.63) is 48.8 Å². The number of para-hydroxylation sites is 1. The molecule has 0 amide bonds. The van der Waals surface area contributed by atoms with E-state index in [1.54, 1.807) is 31.0 Å². The van der Waals surface area contributed by atoms with E-state index in [0.29, 0.717) is 11.1 Å². The third-order valence-electron chi connectivity index (χ3n) is 3.49. The molecule has 6 nitrogen and oxygen atoms in total. The summed E-state index contributed by atoms with van der Waals surface area (Å²) in [6.07, 6.45) is 9.18. The van der Waals surface area contributed by atoms with Crippen LogP contribution in [0.2, 0.25) is 0 Å². The second-order valence-corrected chi connectivity index (χ2v) is 4.92. The van der Waals surface area contributed by atoms with Crippen LogP contribution in [0.4, 0.5) is 0 Å². The summed E-state index contributed by atoms with van der Waals surface area (Å²) in [6.45, 7) is 1.67. The quantitative estimate of drug-likeness (QED) is 0.705. The fourth-order valence-corrected chi connectivity index (χ4v) is 2.46. The molecule has 0 saturated heterocycles. The maximum absolute atomic E-state index is 11.3. The lowest BCUT2D eigenvalue weighted by Gasteiger charge is -2.07. The molecule has 0 radical (unpaired) electrons. The number of imidazole rings is 2. The molecule has 2 aromatic heterocycles. The molecule has 0 aliphatic rings. The van der Waals surface area contributed by atoms with Crippen molar-refractivity contribution in [1.82, 2.24) is 19.1 Å². The number of carboxylic acids is 1. The molecule has 0 aliphatic heterocycles. The monoisotopic (exact) mass is 284 g/mol. The SMILES string of the molecule is O=C(O)c1cccc2ncn(CCCCn3ccnc3)c12. The predicted octanol–water partition coefficient (Wildman–Crippen LogP) is 2.41. The third-order valence-corrected chi connectivity index (χ3v) is 3.49. The molecule has 0 spiro atoms. The Balaban J connectivity index is 1.70. The molecular weight excluding hydrogens is 268 g/mol. The number of aromatic carboxylic acids is 1. The van der Waals surface area contributed by atoms with Gasteiger partial charge in [-0.2, -0.15) is 0 Å². The van der Waals surface area contributed by atoms with Crippen LogP contribution >= 0.6 is 0 Å². The number of carbonyl (C=O) groups is 1. The molecule has 3 rings (SSSR count). The highest BCUT2D eigenvalue weighted by Gasteiger charge is 2.12. The van der Waals surface area contributed by atoms with Gasteiger partial charge < -0.3 is 14.2 Å². The van der Waals surface area contributed by atoms with E-state index in [0.717, 1.165) is 31.4 Å². The van der Waals surface area contributed by atoms with Gasteiger partial charge in [-0.25, -0.2) is 14.8 Å². The zero-order chi connectivity index (χ0) is 14.7. The van der Waals surface area contributed by atoms with Gasteiger partial charge in [-0.05, 0) is 25.0 Å². The summed E-state index contributed by atoms with van der Waals surface area (Å²) in [7, 11) is 0. The van der Waals surface area contributed by atoms with Crippen molar-refractivity contribution < 1.29 is 9.90 Å². The van der Waals surface area contributed by atoms with Gasteiger partial charge in [0.2, 0.25) is 0 Å². The Morgan fingerprint density at radius 1 is 1.19 bits per heavy atom. The van der Waals surface area contributed by atoms with Crippen molar-refractivity contribution in [2.24, 2.45) is 0 Å². The standard InChI is InChI=1S/C15H16N4O2/c20-15(21)12-4-3-5-13-14(12)19(11-17-13)8-2-1-7-18-9-6-16-10-18/h3-6,9-11H,1-2,7-8H2,(H,20,21). The first-order chi connectivity index (χ1) is 10.3. The van der Waals surface area contributed by atoms with E-state index in [9.17, 15) is 9.90 Å². The largest absolute Gasteiger partial charge is 0.478 e. The van der Waals surface area contributed by atoms with Gasteiger partial charge in [0.1, 0.15) is 0 Å². The zero-order valence-corrected chi connectivity index (χ0v) is 11.5. The van der Waals surface area contributed by atoms with Crippen LogP contribution in [0, 0.1) is 0 Å². The first-order valence-corrected chi connectivity index (χ1v) is 6.88. The fraction of sp³-hybridized carbons (Fsp3) is 0.267. The Labute approximate surface area is 121 Å². The number of rotatable bonds is 6. The first-order valence-electron chi connectivity index (χ1n) is 6.88. The van der Waals surface area contributed by atoms with Crippen LogP contribution in [0.15, 0.2) is 43.2 Å². The number of aryl methyl sites for hydroxylation is 2. The summed E-state index contributed by atoms with van der Waals surface area (Å²) >= 11 is 0. The topological polar surface area (TPSA) is 72.9 Å². The normalized spacial score (nSPS) is 11.0. The molecule has 0 atom stereocenters. The lowest BCUT2D eigenvalue weighted by molar-refractivity contribution is 0.0698. The van der Waals surface area contributed by atoms with E-state index in [2.05, 4.69) is 9.97 Å². The molecule has 108 valence electrons. The Bertz CT molecular complexity index is 746. The molecule has 0 fully saturated rings. The number of carboxylic acid groups (broad SMARTS) is 1. The highest BCUT2D eigenvalue weighted by atomic mass is 16.4. The van der Waals surface area contributed by atoms with Crippen molar-refractivity contribution in [2.45, 2.75) is 25.9 Å². The van der Waals surface area contributed by atoms with E-state index in [4.69, 9.17) is 0 Å². The van der Waals surface area contributed by atoms with Crippen molar-refractivity contribution in [3.8, 4) is 0 Å². The van der Waals surface area contributed by atoms with Gasteiger partial charge in [-0.3, -0.25) is 0 Å². The number of benzene rings is 1. The molecule has 0 bridgehead atoms. The van der Waals surface area contributed by atoms with Gasteiger partial charge in [0.15, 0.2) is 0 Å². The van der Waals surface area contributed by atoms with Crippen LogP contribution in [0.1, 0.15) is 23.2 Å². The summed E-state index contributed by atoms with van der Waals surface area (Å²) < 4.78 is 3.96. The average Bonchev–Trinajstić information content (AvgIpc) is 3.13. The molecule has 3 aromatic rings. The van der Waals surface area contributed by atoms with Crippen molar-refractivity contribution in [2.75, 3.05) is 0 Å². The summed E-state index contributed by atoms with van der Waals surface area (Å²) in [5.74, 6) is -0.916. The lowest BCUT2D eigenvalue weighted by atomic mass is 10.2. The summed E-state index contributed by atoms with van der Waals surface area (Å²) in [5, 5.41) is 9.27. The minimum absolute atomic E-state index is 0.305. The number of nitrogens with zero attached hydrogens (tertiary/aromatic N) is 4. The van der Waals surface area contributed by atoms with Gasteiger partial charge in [-0.1, -0.05) is 6.07 Å². The molecule has 21 heavy (non-hydrogen) atoms. The first kappa shape index (κ1) is 13.4. The maximum atomic E-state index is 11.3. The second-order valence-electron chi connectivity index (χ2n) is 4.92. The molecule has 6 heteroatoms. The second kappa shape index (κ2) is 5.78. The van der Waals surface area contributed by atoms with Crippen molar-refractivity contribution >= 4 is 17.0 Å². The van der Waals surface area contributed by atoms with Crippen LogP contribution in [0.5, 0.6) is 0 Å². The Kier molecular flexibility index (Phi) is 3.68. The predicted molar refractivity (Wildman–Crippen MR) is 78.2 cm³/mol. The molecule has 1 N–H and O–H groups in total. The smallest absolute Gasteiger partial charge is 0.337 e. The number of fused-ring (bicyclic) bond motifs is 1. The Morgan fingerprint density at radius 3 is 2.81 bits per heavy atom. The molecule has 0 unspecified atom stereocenters. The highest BCUT2D eigenvalue weighted by molar-refractivity contribution is 6.01. The van der Waals surface area contributed by atoms with Crippen LogP contribution in [0.3, 0.4) is 0 Å². The highest BCUT2D eigenvalue weighted by Crippen LogP contribution is 2.18. The fourth-order valence-electron chi connectivity index (χ4n) is 2.46. The van der Waals surface area contributed by atoms with Gasteiger partial charge in [0, 0.05) is 25.5 Å². The van der Waals surface area contributed by atoms with Crippen LogP contribution in [0.25, 0.3) is 11.0 Å². The average molecular weight is 284 g/mol. The molecule has 1 aromatic carbocycles. The minimum atomic E-state index is -0.916. The Hall–Kier alpha value is -2.63. The summed E-state index contributed by atoms with van der Waals surface area (Å²) in [4.78, 5) is 19.6. The molecule has 0 aliphatic carbocycles. The van der Waals surface area contributed by atoms with E-state index < -0.39 is 5.97 Å². The lowest BCUT2D eigenvalue weighted by Crippen LogP contribution is -2.04. The summed E-state index contributed by atoms with van der Waals surface area (Å²) in [6, 6.07) is 5.18. The van der Waals surface area contributed by atoms with Gasteiger partial charge >= 0.3 is 5.97 Å². The minimum Gasteiger partial charge on any atom is -0.478 e. The Morgan fingerprint density at radius 2 is 2.05 bits per heavy atom. The van der Waals surface area contributed by atoms with Crippen molar-refractivity contribution in [3.63, 3.8) is 0 Å². The van der Waals surface area contributed by atoms with E-state index in [-0.39, 0.29) is 0 Å². The summed E-state index contributed by atoms with van der Waals surface area (Å²) in [5.41, 5.74) is 1.73. The number of aromatic nitrogens is 4. The van der Waals surface area contributed by atoms with Gasteiger partial charge in [0.05, 0.1) is 29.3 Å². The number of unbranched alkanes of at least 4 members (excludes halogenated alkanes) is 1. The van der Waals surface area contributed by atoms with Crippen LogP contribution in [-0.2, 0) is 13.1 Å². The van der Waals surface area contributed by atoms with Crippen molar-refractivity contribution in [1.29, 1.82) is 0 Å². The van der Waals surface area contributed by atoms with Gasteiger partial charge in [-0.15, -0.1) is 0 Å². The van der Waals surface area contributed by atoms with Gasteiger partial charge in [0.25, 0.3) is 0 Å². The van der Waals surface area contributed by atoms with Crippen LogP contribution < -0.4 is 0 Å². The number of hydrogen-bond donors (Lipinski definition) is 1. The van der Waals surface area contributed by atoms with Crippen LogP contribution in [-0.4, -0.2) is 30.2 Å². The molecular formula is C15H16N4O2. The zero-order valence-electron chi connectivity index (χ0n) is 11.5. The molecule has 2 heterocycles. The third kappa shape index (κ3) is 2.79.